The van der Waals surface area contributed by atoms with Crippen LogP contribution in [0.2, 0.25) is 10.0 Å². The highest BCUT2D eigenvalue weighted by Crippen LogP contribution is 2.25. The number of rotatable bonds is 8. The van der Waals surface area contributed by atoms with Gasteiger partial charge in [0.25, 0.3) is 0 Å². The van der Waals surface area contributed by atoms with Gasteiger partial charge in [-0.25, -0.2) is 0 Å². The van der Waals surface area contributed by atoms with Gasteiger partial charge in [-0.15, -0.1) is 0 Å². The van der Waals surface area contributed by atoms with Crippen LogP contribution in [-0.4, -0.2) is 28.8 Å². The molecule has 0 aliphatic heterocycles. The molecule has 1 aliphatic carbocycles. The summed E-state index contributed by atoms with van der Waals surface area (Å²) in [5.74, 6) is -0.156. The highest BCUT2D eigenvalue weighted by Gasteiger charge is 2.31. The molecule has 2 aromatic carbocycles. The van der Waals surface area contributed by atoms with Crippen LogP contribution in [0.5, 0.6) is 0 Å². The van der Waals surface area contributed by atoms with Gasteiger partial charge in [-0.3, -0.25) is 9.59 Å². The van der Waals surface area contributed by atoms with Crippen molar-refractivity contribution in [3.63, 3.8) is 0 Å². The van der Waals surface area contributed by atoms with Gasteiger partial charge in [-0.1, -0.05) is 79.4 Å². The molecule has 1 atom stereocenters. The van der Waals surface area contributed by atoms with Crippen molar-refractivity contribution in [2.75, 3.05) is 0 Å². The van der Waals surface area contributed by atoms with Crippen LogP contribution >= 0.6 is 23.2 Å². The van der Waals surface area contributed by atoms with Crippen molar-refractivity contribution in [1.82, 2.24) is 10.2 Å². The molecule has 30 heavy (non-hydrogen) atoms. The van der Waals surface area contributed by atoms with Crippen LogP contribution in [0.3, 0.4) is 0 Å². The van der Waals surface area contributed by atoms with E-state index < -0.39 is 6.04 Å². The van der Waals surface area contributed by atoms with Crippen LogP contribution in [0, 0.1) is 0 Å². The van der Waals surface area contributed by atoms with Crippen LogP contribution < -0.4 is 5.32 Å². The maximum atomic E-state index is 13.3. The average molecular weight is 447 g/mol. The van der Waals surface area contributed by atoms with E-state index in [0.717, 1.165) is 36.8 Å². The summed E-state index contributed by atoms with van der Waals surface area (Å²) in [7, 11) is 0. The normalized spacial score (nSPS) is 15.0. The maximum Gasteiger partial charge on any atom is 0.243 e. The quantitative estimate of drug-likeness (QED) is 0.589. The van der Waals surface area contributed by atoms with Crippen LogP contribution in [0.25, 0.3) is 0 Å². The lowest BCUT2D eigenvalue weighted by Gasteiger charge is -2.32. The number of nitrogens with zero attached hydrogens (tertiary/aromatic N) is 1. The summed E-state index contributed by atoms with van der Waals surface area (Å²) in [5, 5.41) is 4.09. The fraction of sp³-hybridized carbons (Fsp3) is 0.417. The first-order valence-electron chi connectivity index (χ1n) is 10.6. The summed E-state index contributed by atoms with van der Waals surface area (Å²) in [6, 6.07) is 14.8. The van der Waals surface area contributed by atoms with Crippen LogP contribution in [0.15, 0.2) is 48.5 Å². The Kier molecular flexibility index (Phi) is 8.17. The number of halogens is 2. The topological polar surface area (TPSA) is 49.4 Å². The predicted octanol–water partition coefficient (Wildman–Crippen LogP) is 5.40. The van der Waals surface area contributed by atoms with Crippen LogP contribution in [0.4, 0.5) is 0 Å². The first-order chi connectivity index (χ1) is 14.5. The minimum absolute atomic E-state index is 0.0661. The number of carbonyl (C=O) groups is 2. The fourth-order valence-corrected chi connectivity index (χ4v) is 4.28. The largest absolute Gasteiger partial charge is 0.352 e. The number of amides is 2. The van der Waals surface area contributed by atoms with Crippen LogP contribution in [-0.2, 0) is 22.6 Å². The summed E-state index contributed by atoms with van der Waals surface area (Å²) in [6.45, 7) is 2.12. The molecule has 3 rings (SSSR count). The second-order valence-corrected chi connectivity index (χ2v) is 8.63. The van der Waals surface area contributed by atoms with E-state index in [9.17, 15) is 9.59 Å². The Morgan fingerprint density at radius 1 is 1.03 bits per heavy atom. The molecule has 0 radical (unpaired) electrons. The first-order valence-corrected chi connectivity index (χ1v) is 11.3. The highest BCUT2D eigenvalue weighted by atomic mass is 35.5. The van der Waals surface area contributed by atoms with Crippen molar-refractivity contribution < 1.29 is 9.59 Å². The van der Waals surface area contributed by atoms with Gasteiger partial charge in [0, 0.05) is 25.4 Å². The monoisotopic (exact) mass is 446 g/mol. The Bertz CT molecular complexity index is 867. The van der Waals surface area contributed by atoms with Crippen molar-refractivity contribution in [2.45, 2.75) is 64.1 Å². The molecule has 2 amide bonds. The zero-order valence-corrected chi connectivity index (χ0v) is 18.8. The van der Waals surface area contributed by atoms with E-state index in [1.54, 1.807) is 17.0 Å². The lowest BCUT2D eigenvalue weighted by atomic mass is 10.0. The Morgan fingerprint density at radius 2 is 1.73 bits per heavy atom. The molecule has 1 fully saturated rings. The zero-order chi connectivity index (χ0) is 21.5. The Hall–Kier alpha value is -2.04. The Labute approximate surface area is 188 Å². The third kappa shape index (κ3) is 5.99. The van der Waals surface area contributed by atoms with Gasteiger partial charge in [0.15, 0.2) is 0 Å². The molecule has 160 valence electrons. The average Bonchev–Trinajstić information content (AvgIpc) is 3.26. The molecule has 4 nitrogen and oxygen atoms in total. The molecule has 0 heterocycles. The van der Waals surface area contributed by atoms with Crippen molar-refractivity contribution in [2.24, 2.45) is 0 Å². The molecule has 0 saturated heterocycles. The lowest BCUT2D eigenvalue weighted by Crippen LogP contribution is -2.52. The second kappa shape index (κ2) is 10.8. The molecule has 0 spiro atoms. The first kappa shape index (κ1) is 22.6. The standard InChI is InChI=1S/C24H28Cl2N2O2/c1-2-23(29)28(16-18-12-13-20(25)21(26)14-18)22(15-17-8-4-3-5-9-17)24(30)27-19-10-6-7-11-19/h3-5,8-9,12-14,19,22H,2,6-7,10-11,15-16H2,1H3,(H,27,30). The van der Waals surface area contributed by atoms with Gasteiger partial charge in [-0.05, 0) is 36.1 Å². The minimum Gasteiger partial charge on any atom is -0.352 e. The number of hydrogen-bond donors (Lipinski definition) is 1. The van der Waals surface area contributed by atoms with Gasteiger partial charge >= 0.3 is 0 Å². The number of benzene rings is 2. The molecule has 1 saturated carbocycles. The summed E-state index contributed by atoms with van der Waals surface area (Å²) < 4.78 is 0. The molecule has 1 unspecified atom stereocenters. The number of hydrogen-bond acceptors (Lipinski definition) is 2. The van der Waals surface area contributed by atoms with Gasteiger partial charge < -0.3 is 10.2 Å². The molecule has 6 heteroatoms. The zero-order valence-electron chi connectivity index (χ0n) is 17.2. The SMILES string of the molecule is CCC(=O)N(Cc1ccc(Cl)c(Cl)c1)C(Cc1ccccc1)C(=O)NC1CCCC1. The molecule has 2 aromatic rings. The van der Waals surface area contributed by atoms with Crippen molar-refractivity contribution in [3.05, 3.63) is 69.7 Å². The van der Waals surface area contributed by atoms with Gasteiger partial charge in [-0.2, -0.15) is 0 Å². The van der Waals surface area contributed by atoms with Crippen molar-refractivity contribution >= 4 is 35.0 Å². The molecule has 1 aliphatic rings. The van der Waals surface area contributed by atoms with E-state index in [1.165, 1.54) is 0 Å². The lowest BCUT2D eigenvalue weighted by molar-refractivity contribution is -0.141. The molecular weight excluding hydrogens is 419 g/mol. The highest BCUT2D eigenvalue weighted by molar-refractivity contribution is 6.42. The van der Waals surface area contributed by atoms with Crippen LogP contribution in [0.1, 0.15) is 50.2 Å². The fourth-order valence-electron chi connectivity index (χ4n) is 3.96. The van der Waals surface area contributed by atoms with E-state index in [1.807, 2.05) is 43.3 Å². The summed E-state index contributed by atoms with van der Waals surface area (Å²) in [4.78, 5) is 27.9. The van der Waals surface area contributed by atoms with E-state index in [-0.39, 0.29) is 17.9 Å². The molecule has 1 N–H and O–H groups in total. The summed E-state index contributed by atoms with van der Waals surface area (Å²) >= 11 is 12.2. The number of nitrogens with one attached hydrogen (secondary N) is 1. The predicted molar refractivity (Wildman–Crippen MR) is 122 cm³/mol. The molecule has 0 aromatic heterocycles. The Balaban J connectivity index is 1.88. The third-order valence-electron chi connectivity index (χ3n) is 5.61. The van der Waals surface area contributed by atoms with Gasteiger partial charge in [0.05, 0.1) is 10.0 Å². The number of carbonyl (C=O) groups excluding carboxylic acids is 2. The second-order valence-electron chi connectivity index (χ2n) is 7.82. The van der Waals surface area contributed by atoms with E-state index in [4.69, 9.17) is 23.2 Å². The maximum absolute atomic E-state index is 13.3. The summed E-state index contributed by atoms with van der Waals surface area (Å²) in [5.41, 5.74) is 1.87. The molecule has 0 bridgehead atoms. The third-order valence-corrected chi connectivity index (χ3v) is 6.35. The van der Waals surface area contributed by atoms with Gasteiger partial charge in [0.1, 0.15) is 6.04 Å². The van der Waals surface area contributed by atoms with E-state index >= 15 is 0 Å². The Morgan fingerprint density at radius 3 is 2.37 bits per heavy atom. The smallest absolute Gasteiger partial charge is 0.243 e. The minimum atomic E-state index is -0.588. The molecular formula is C24H28Cl2N2O2. The van der Waals surface area contributed by atoms with Gasteiger partial charge in [0.2, 0.25) is 11.8 Å². The van der Waals surface area contributed by atoms with Crippen molar-refractivity contribution in [3.8, 4) is 0 Å². The van der Waals surface area contributed by atoms with E-state index in [2.05, 4.69) is 5.32 Å². The van der Waals surface area contributed by atoms with Crippen molar-refractivity contribution in [1.29, 1.82) is 0 Å². The van der Waals surface area contributed by atoms with E-state index in [0.29, 0.717) is 29.4 Å². The summed E-state index contributed by atoms with van der Waals surface area (Å²) in [6.07, 6.45) is 5.05.